The largest absolute Gasteiger partial charge is 0.434 e. The molecule has 6 heteroatoms. The highest BCUT2D eigenvalue weighted by atomic mass is 19.3. The summed E-state index contributed by atoms with van der Waals surface area (Å²) >= 11 is 0. The van der Waals surface area contributed by atoms with Crippen molar-refractivity contribution in [1.82, 2.24) is 9.97 Å². The van der Waals surface area contributed by atoms with Crippen molar-refractivity contribution < 1.29 is 13.5 Å². The normalized spacial score (nSPS) is 14.2. The third-order valence-corrected chi connectivity index (χ3v) is 3.28. The Labute approximate surface area is 122 Å². The Bertz CT molecular complexity index is 596. The predicted octanol–water partition coefficient (Wildman–Crippen LogP) is 3.65. The SMILES string of the molecule is CCCC(C)(N)c1ncc(-c2ccccc2OC(F)F)[nH]1. The lowest BCUT2D eigenvalue weighted by Crippen LogP contribution is -2.34. The maximum Gasteiger partial charge on any atom is 0.387 e. The van der Waals surface area contributed by atoms with Crippen LogP contribution in [0.25, 0.3) is 11.3 Å². The molecule has 0 spiro atoms. The van der Waals surface area contributed by atoms with E-state index < -0.39 is 12.2 Å². The molecule has 2 aromatic rings. The van der Waals surface area contributed by atoms with Crippen molar-refractivity contribution in [2.45, 2.75) is 38.8 Å². The van der Waals surface area contributed by atoms with Crippen LogP contribution in [0.3, 0.4) is 0 Å². The van der Waals surface area contributed by atoms with E-state index in [4.69, 9.17) is 5.73 Å². The van der Waals surface area contributed by atoms with Crippen LogP contribution in [0.5, 0.6) is 5.75 Å². The molecule has 0 fully saturated rings. The Kier molecular flexibility index (Phi) is 4.57. The topological polar surface area (TPSA) is 63.9 Å². The number of nitrogens with one attached hydrogen (secondary N) is 1. The fourth-order valence-corrected chi connectivity index (χ4v) is 2.27. The number of aromatic amines is 1. The van der Waals surface area contributed by atoms with Gasteiger partial charge >= 0.3 is 6.61 Å². The molecule has 0 radical (unpaired) electrons. The Morgan fingerprint density at radius 3 is 2.76 bits per heavy atom. The molecule has 21 heavy (non-hydrogen) atoms. The van der Waals surface area contributed by atoms with Gasteiger partial charge in [-0.1, -0.05) is 25.5 Å². The molecule has 114 valence electrons. The lowest BCUT2D eigenvalue weighted by molar-refractivity contribution is -0.0494. The standard InChI is InChI=1S/C15H19F2N3O/c1-3-8-15(2,18)13-19-9-11(20-13)10-6-4-5-7-12(10)21-14(16)17/h4-7,9,14H,3,8,18H2,1-2H3,(H,19,20). The zero-order chi connectivity index (χ0) is 15.5. The number of hydrogen-bond donors (Lipinski definition) is 2. The van der Waals surface area contributed by atoms with Crippen LogP contribution in [-0.4, -0.2) is 16.6 Å². The third-order valence-electron chi connectivity index (χ3n) is 3.28. The molecular formula is C15H19F2N3O. The Morgan fingerprint density at radius 2 is 2.10 bits per heavy atom. The zero-order valence-corrected chi connectivity index (χ0v) is 12.1. The monoisotopic (exact) mass is 295 g/mol. The first-order valence-corrected chi connectivity index (χ1v) is 6.82. The first-order chi connectivity index (χ1) is 9.94. The summed E-state index contributed by atoms with van der Waals surface area (Å²) in [5.41, 5.74) is 6.77. The second-order valence-corrected chi connectivity index (χ2v) is 5.19. The summed E-state index contributed by atoms with van der Waals surface area (Å²) in [5, 5.41) is 0. The van der Waals surface area contributed by atoms with Gasteiger partial charge in [-0.3, -0.25) is 0 Å². The summed E-state index contributed by atoms with van der Waals surface area (Å²) in [7, 11) is 0. The van der Waals surface area contributed by atoms with Crippen LogP contribution in [0.2, 0.25) is 0 Å². The van der Waals surface area contributed by atoms with E-state index in [1.165, 1.54) is 6.07 Å². The minimum Gasteiger partial charge on any atom is -0.434 e. The second-order valence-electron chi connectivity index (χ2n) is 5.19. The van der Waals surface area contributed by atoms with Gasteiger partial charge in [-0.05, 0) is 25.5 Å². The molecule has 1 unspecified atom stereocenters. The van der Waals surface area contributed by atoms with Crippen molar-refractivity contribution in [3.8, 4) is 17.0 Å². The van der Waals surface area contributed by atoms with Gasteiger partial charge in [-0.25, -0.2) is 4.98 Å². The Hall–Kier alpha value is -1.95. The summed E-state index contributed by atoms with van der Waals surface area (Å²) in [6, 6.07) is 6.59. The Morgan fingerprint density at radius 1 is 1.38 bits per heavy atom. The number of para-hydroxylation sites is 1. The highest BCUT2D eigenvalue weighted by Crippen LogP contribution is 2.31. The molecule has 1 aromatic heterocycles. The van der Waals surface area contributed by atoms with E-state index in [0.717, 1.165) is 12.8 Å². The van der Waals surface area contributed by atoms with Gasteiger partial charge in [0.25, 0.3) is 0 Å². The van der Waals surface area contributed by atoms with Crippen LogP contribution >= 0.6 is 0 Å². The molecular weight excluding hydrogens is 276 g/mol. The summed E-state index contributed by atoms with van der Waals surface area (Å²) in [4.78, 5) is 7.39. The fourth-order valence-electron chi connectivity index (χ4n) is 2.27. The van der Waals surface area contributed by atoms with Crippen LogP contribution in [0, 0.1) is 0 Å². The number of rotatable bonds is 6. The number of alkyl halides is 2. The fraction of sp³-hybridized carbons (Fsp3) is 0.400. The quantitative estimate of drug-likeness (QED) is 0.855. The maximum absolute atomic E-state index is 12.4. The first-order valence-electron chi connectivity index (χ1n) is 6.82. The molecule has 0 aliphatic carbocycles. The lowest BCUT2D eigenvalue weighted by Gasteiger charge is -2.21. The molecule has 2 rings (SSSR count). The van der Waals surface area contributed by atoms with Crippen LogP contribution in [0.4, 0.5) is 8.78 Å². The number of H-pyrrole nitrogens is 1. The highest BCUT2D eigenvalue weighted by molar-refractivity contribution is 5.66. The summed E-state index contributed by atoms with van der Waals surface area (Å²) in [5.74, 6) is 0.739. The van der Waals surface area contributed by atoms with Crippen molar-refractivity contribution in [3.05, 3.63) is 36.3 Å². The molecule has 0 amide bonds. The van der Waals surface area contributed by atoms with Gasteiger partial charge in [-0.2, -0.15) is 8.78 Å². The van der Waals surface area contributed by atoms with Crippen LogP contribution in [0.1, 0.15) is 32.5 Å². The van der Waals surface area contributed by atoms with Crippen LogP contribution < -0.4 is 10.5 Å². The van der Waals surface area contributed by atoms with E-state index in [0.29, 0.717) is 17.1 Å². The minimum absolute atomic E-state index is 0.108. The Balaban J connectivity index is 2.34. The number of halogens is 2. The van der Waals surface area contributed by atoms with E-state index in [9.17, 15) is 8.78 Å². The third kappa shape index (κ3) is 3.58. The van der Waals surface area contributed by atoms with E-state index in [-0.39, 0.29) is 5.75 Å². The number of ether oxygens (including phenoxy) is 1. The van der Waals surface area contributed by atoms with Crippen LogP contribution in [-0.2, 0) is 5.54 Å². The van der Waals surface area contributed by atoms with E-state index >= 15 is 0 Å². The van der Waals surface area contributed by atoms with Gasteiger partial charge in [0.2, 0.25) is 0 Å². The summed E-state index contributed by atoms with van der Waals surface area (Å²) < 4.78 is 29.4. The predicted molar refractivity (Wildman–Crippen MR) is 77.1 cm³/mol. The molecule has 1 heterocycles. The van der Waals surface area contributed by atoms with Gasteiger partial charge < -0.3 is 15.5 Å². The number of nitrogens with zero attached hydrogens (tertiary/aromatic N) is 1. The number of imidazole rings is 1. The van der Waals surface area contributed by atoms with Crippen molar-refractivity contribution in [2.75, 3.05) is 0 Å². The smallest absolute Gasteiger partial charge is 0.387 e. The van der Waals surface area contributed by atoms with Crippen molar-refractivity contribution in [3.63, 3.8) is 0 Å². The average molecular weight is 295 g/mol. The second kappa shape index (κ2) is 6.22. The molecule has 4 nitrogen and oxygen atoms in total. The molecule has 0 aliphatic rings. The number of hydrogen-bond acceptors (Lipinski definition) is 3. The maximum atomic E-state index is 12.4. The summed E-state index contributed by atoms with van der Waals surface area (Å²) in [6.45, 7) is 1.06. The van der Waals surface area contributed by atoms with Crippen LogP contribution in [0.15, 0.2) is 30.5 Å². The van der Waals surface area contributed by atoms with Crippen molar-refractivity contribution >= 4 is 0 Å². The highest BCUT2D eigenvalue weighted by Gasteiger charge is 2.24. The van der Waals surface area contributed by atoms with Gasteiger partial charge in [0.05, 0.1) is 17.4 Å². The van der Waals surface area contributed by atoms with Gasteiger partial charge in [0.15, 0.2) is 0 Å². The molecule has 0 bridgehead atoms. The van der Waals surface area contributed by atoms with Gasteiger partial charge in [0.1, 0.15) is 11.6 Å². The number of aromatic nitrogens is 2. The summed E-state index contributed by atoms with van der Waals surface area (Å²) in [6.07, 6.45) is 3.28. The lowest BCUT2D eigenvalue weighted by atomic mass is 9.97. The van der Waals surface area contributed by atoms with E-state index in [1.807, 2.05) is 13.8 Å². The van der Waals surface area contributed by atoms with Crippen molar-refractivity contribution in [2.24, 2.45) is 5.73 Å². The average Bonchev–Trinajstić information content (AvgIpc) is 2.89. The van der Waals surface area contributed by atoms with Gasteiger partial charge in [0, 0.05) is 5.56 Å². The van der Waals surface area contributed by atoms with E-state index in [1.54, 1.807) is 24.4 Å². The number of benzene rings is 1. The number of nitrogens with two attached hydrogens (primary N) is 1. The minimum atomic E-state index is -2.87. The molecule has 1 atom stereocenters. The van der Waals surface area contributed by atoms with Crippen molar-refractivity contribution in [1.29, 1.82) is 0 Å². The molecule has 0 aliphatic heterocycles. The molecule has 0 saturated heterocycles. The van der Waals surface area contributed by atoms with Gasteiger partial charge in [-0.15, -0.1) is 0 Å². The zero-order valence-electron chi connectivity index (χ0n) is 12.1. The van der Waals surface area contributed by atoms with E-state index in [2.05, 4.69) is 14.7 Å². The first kappa shape index (κ1) is 15.4. The molecule has 1 aromatic carbocycles. The molecule has 3 N–H and O–H groups in total. The molecule has 0 saturated carbocycles.